The van der Waals surface area contributed by atoms with Crippen molar-refractivity contribution in [3.63, 3.8) is 0 Å². The maximum Gasteiger partial charge on any atom is 0.202 e. The van der Waals surface area contributed by atoms with Crippen LogP contribution < -0.4 is 0 Å². The van der Waals surface area contributed by atoms with E-state index in [0.717, 1.165) is 0 Å². The van der Waals surface area contributed by atoms with E-state index in [1.54, 1.807) is 13.8 Å². The molecule has 2 aromatic rings. The number of carbonyl (C=O) groups is 2. The molecule has 0 spiro atoms. The van der Waals surface area contributed by atoms with Crippen LogP contribution in [0.1, 0.15) is 82.2 Å². The van der Waals surface area contributed by atoms with Crippen LogP contribution in [0.15, 0.2) is 18.2 Å². The summed E-state index contributed by atoms with van der Waals surface area (Å²) in [4.78, 5) is 28.7. The lowest BCUT2D eigenvalue weighted by Gasteiger charge is -2.46. The van der Waals surface area contributed by atoms with Crippen LogP contribution >= 0.6 is 0 Å². The van der Waals surface area contributed by atoms with Crippen molar-refractivity contribution in [1.29, 1.82) is 0 Å². The van der Waals surface area contributed by atoms with Crippen LogP contribution in [-0.2, 0) is 15.9 Å². The van der Waals surface area contributed by atoms with E-state index in [9.17, 15) is 35.1 Å². The maximum atomic E-state index is 13.5. The Morgan fingerprint density at radius 3 is 2.42 bits per heavy atom. The van der Waals surface area contributed by atoms with Crippen LogP contribution in [0.4, 0.5) is 0 Å². The van der Waals surface area contributed by atoms with Crippen LogP contribution in [0, 0.1) is 0 Å². The minimum Gasteiger partial charge on any atom is -0.507 e. The highest BCUT2D eigenvalue weighted by atomic mass is 16.7. The Morgan fingerprint density at radius 2 is 1.76 bits per heavy atom. The molecule has 38 heavy (non-hydrogen) atoms. The molecular weight excluding hydrogens is 494 g/mol. The number of fused-ring (bicyclic) bond motifs is 3. The minimum absolute atomic E-state index is 0.0328. The number of hydrogen-bond donors (Lipinski definition) is 5. The number of rotatable bonds is 4. The van der Waals surface area contributed by atoms with Gasteiger partial charge in [-0.15, -0.1) is 0 Å². The summed E-state index contributed by atoms with van der Waals surface area (Å²) in [6.45, 7) is 3.48. The molecule has 0 amide bonds. The zero-order valence-corrected chi connectivity index (χ0v) is 21.8. The molecule has 0 radical (unpaired) electrons. The summed E-state index contributed by atoms with van der Waals surface area (Å²) in [6.07, 6.45) is -2.64. The first kappa shape index (κ1) is 26.6. The molecule has 2 aromatic carbocycles. The molecule has 1 aliphatic heterocycles. The smallest absolute Gasteiger partial charge is 0.202 e. The Balaban J connectivity index is 1.65. The summed E-state index contributed by atoms with van der Waals surface area (Å²) in [5.41, 5.74) is -2.34. The second-order valence-electron chi connectivity index (χ2n) is 10.7. The van der Waals surface area contributed by atoms with Crippen LogP contribution in [0.25, 0.3) is 0 Å². The van der Waals surface area contributed by atoms with Gasteiger partial charge in [-0.1, -0.05) is 19.1 Å². The fraction of sp³-hybridized carbons (Fsp3) is 0.500. The number of phenols is 3. The van der Waals surface area contributed by atoms with Gasteiger partial charge >= 0.3 is 0 Å². The third-order valence-electron chi connectivity index (χ3n) is 8.36. The molecule has 0 bridgehead atoms. The third-order valence-corrected chi connectivity index (χ3v) is 8.36. The Bertz CT molecular complexity index is 1320. The number of ketones is 2. The van der Waals surface area contributed by atoms with Gasteiger partial charge < -0.3 is 39.9 Å². The lowest BCUT2D eigenvalue weighted by atomic mass is 9.71. The van der Waals surface area contributed by atoms with E-state index in [4.69, 9.17) is 9.47 Å². The Labute approximate surface area is 220 Å². The van der Waals surface area contributed by atoms with Gasteiger partial charge in [-0.25, -0.2) is 0 Å². The summed E-state index contributed by atoms with van der Waals surface area (Å²) in [5, 5.41) is 55.3. The van der Waals surface area contributed by atoms with E-state index in [1.165, 1.54) is 18.2 Å². The molecule has 6 atom stereocenters. The van der Waals surface area contributed by atoms with Gasteiger partial charge in [-0.3, -0.25) is 9.59 Å². The van der Waals surface area contributed by atoms with Crippen molar-refractivity contribution < 1.29 is 44.6 Å². The van der Waals surface area contributed by atoms with Gasteiger partial charge in [0.1, 0.15) is 23.4 Å². The number of benzene rings is 2. The Kier molecular flexibility index (Phi) is 6.52. The topological polar surface area (TPSA) is 157 Å². The van der Waals surface area contributed by atoms with Gasteiger partial charge in [-0.05, 0) is 46.3 Å². The van der Waals surface area contributed by atoms with E-state index in [1.807, 2.05) is 19.0 Å². The number of aromatic hydroxyl groups is 3. The van der Waals surface area contributed by atoms with Gasteiger partial charge in [0.2, 0.25) is 5.78 Å². The summed E-state index contributed by atoms with van der Waals surface area (Å²) >= 11 is 0. The lowest BCUT2D eigenvalue weighted by Crippen LogP contribution is -2.54. The molecule has 1 saturated heterocycles. The predicted octanol–water partition coefficient (Wildman–Crippen LogP) is 2.15. The van der Waals surface area contributed by atoms with Crippen molar-refractivity contribution in [2.45, 2.75) is 75.8 Å². The fourth-order valence-electron chi connectivity index (χ4n) is 6.08. The maximum absolute atomic E-state index is 13.5. The van der Waals surface area contributed by atoms with E-state index in [0.29, 0.717) is 0 Å². The molecule has 204 valence electrons. The van der Waals surface area contributed by atoms with Crippen molar-refractivity contribution in [2.24, 2.45) is 0 Å². The zero-order valence-electron chi connectivity index (χ0n) is 21.8. The molecule has 0 saturated carbocycles. The van der Waals surface area contributed by atoms with E-state index >= 15 is 0 Å². The number of likely N-dealkylation sites (N-methyl/N-ethyl adjacent to an activating group) is 1. The van der Waals surface area contributed by atoms with Gasteiger partial charge in [0, 0.05) is 29.2 Å². The Morgan fingerprint density at radius 1 is 1.08 bits per heavy atom. The summed E-state index contributed by atoms with van der Waals surface area (Å²) in [7, 11) is 3.66. The standard InChI is InChI=1S/C28H33NO9/c1-5-28(36)10-9-14-19(27(28)38-17-11-15(29(3)4)22(31)12(2)37-17)26(35)21-20(24(14)33)25(34)18-13(23(21)32)7-6-8-16(18)30/h6-8,12,15,17,22,27,30-31,33,35-36H,5,9-11H2,1-4H3/t12?,15?,17?,22?,27-,28-/m1/s1. The SMILES string of the molecule is CC[C@@]1(O)CCc2c(O)c3c(c(O)c2[C@H]1OC1CC(N(C)C)C(O)C(C)O1)C(=O)c1cccc(O)c1C3=O. The Hall–Kier alpha value is -3.02. The molecule has 0 aromatic heterocycles. The molecule has 3 aliphatic rings. The molecule has 10 heteroatoms. The van der Waals surface area contributed by atoms with Crippen molar-refractivity contribution in [2.75, 3.05) is 14.1 Å². The first-order valence-electron chi connectivity index (χ1n) is 12.8. The average molecular weight is 528 g/mol. The quantitative estimate of drug-likeness (QED) is 0.319. The highest BCUT2D eigenvalue weighted by Gasteiger charge is 2.50. The number of aliphatic hydroxyl groups is 2. The largest absolute Gasteiger partial charge is 0.507 e. The molecule has 5 N–H and O–H groups in total. The van der Waals surface area contributed by atoms with Crippen LogP contribution in [0.2, 0.25) is 0 Å². The van der Waals surface area contributed by atoms with Crippen LogP contribution in [-0.4, -0.2) is 86.2 Å². The van der Waals surface area contributed by atoms with Crippen molar-refractivity contribution >= 4 is 11.6 Å². The first-order chi connectivity index (χ1) is 17.9. The van der Waals surface area contributed by atoms with Crippen LogP contribution in [0.5, 0.6) is 17.2 Å². The number of hydrogen-bond acceptors (Lipinski definition) is 10. The summed E-state index contributed by atoms with van der Waals surface area (Å²) < 4.78 is 12.2. The zero-order chi connectivity index (χ0) is 27.7. The van der Waals surface area contributed by atoms with Crippen LogP contribution in [0.3, 0.4) is 0 Å². The number of ether oxygens (including phenoxy) is 2. The molecule has 2 aliphatic carbocycles. The second kappa shape index (κ2) is 9.32. The minimum atomic E-state index is -1.47. The van der Waals surface area contributed by atoms with Crippen molar-refractivity contribution in [1.82, 2.24) is 4.90 Å². The number of nitrogens with zero attached hydrogens (tertiary/aromatic N) is 1. The monoisotopic (exact) mass is 527 g/mol. The molecule has 5 rings (SSSR count). The average Bonchev–Trinajstić information content (AvgIpc) is 2.87. The van der Waals surface area contributed by atoms with Crippen molar-refractivity contribution in [3.8, 4) is 17.2 Å². The predicted molar refractivity (Wildman–Crippen MR) is 135 cm³/mol. The molecule has 4 unspecified atom stereocenters. The summed E-state index contributed by atoms with van der Waals surface area (Å²) in [6, 6.07) is 3.77. The van der Waals surface area contributed by atoms with Crippen molar-refractivity contribution in [3.05, 3.63) is 51.6 Å². The number of phenolic OH excluding ortho intramolecular Hbond substituents is 3. The highest BCUT2D eigenvalue weighted by molar-refractivity contribution is 6.31. The second-order valence-corrected chi connectivity index (χ2v) is 10.7. The third kappa shape index (κ3) is 3.82. The lowest BCUT2D eigenvalue weighted by molar-refractivity contribution is -0.276. The molecule has 1 heterocycles. The van der Waals surface area contributed by atoms with E-state index in [2.05, 4.69) is 0 Å². The van der Waals surface area contributed by atoms with Gasteiger partial charge in [0.25, 0.3) is 0 Å². The molecule has 10 nitrogen and oxygen atoms in total. The molecule has 1 fully saturated rings. The normalized spacial score (nSPS) is 30.7. The fourth-order valence-corrected chi connectivity index (χ4v) is 6.08. The highest BCUT2D eigenvalue weighted by Crippen LogP contribution is 2.53. The summed E-state index contributed by atoms with van der Waals surface area (Å²) in [5.74, 6) is -2.94. The van der Waals surface area contributed by atoms with Gasteiger partial charge in [0.15, 0.2) is 12.1 Å². The number of aliphatic hydroxyl groups excluding tert-OH is 1. The van der Waals surface area contributed by atoms with E-state index in [-0.39, 0.29) is 59.5 Å². The van der Waals surface area contributed by atoms with Gasteiger partial charge in [0.05, 0.1) is 34.5 Å². The van der Waals surface area contributed by atoms with Gasteiger partial charge in [-0.2, -0.15) is 0 Å². The first-order valence-corrected chi connectivity index (χ1v) is 12.8. The van der Waals surface area contributed by atoms with E-state index < -0.39 is 64.6 Å². The molecular formula is C28H33NO9. The number of carbonyl (C=O) groups excluding carboxylic acids is 2.